The van der Waals surface area contributed by atoms with E-state index >= 15 is 0 Å². The van der Waals surface area contributed by atoms with E-state index in [-0.39, 0.29) is 17.0 Å². The molecule has 0 unspecified atom stereocenters. The summed E-state index contributed by atoms with van der Waals surface area (Å²) in [7, 11) is 0. The van der Waals surface area contributed by atoms with Crippen molar-refractivity contribution < 1.29 is 35.3 Å². The van der Waals surface area contributed by atoms with Gasteiger partial charge in [0.1, 0.15) is 0 Å². The molecule has 0 aliphatic rings. The van der Waals surface area contributed by atoms with Crippen molar-refractivity contribution in [1.29, 1.82) is 0 Å². The fraction of sp³-hybridized carbons (Fsp3) is 0. The van der Waals surface area contributed by atoms with Crippen LogP contribution in [-0.2, 0) is 18.3 Å². The van der Waals surface area contributed by atoms with Crippen molar-refractivity contribution in [3.63, 3.8) is 0 Å². The van der Waals surface area contributed by atoms with Crippen LogP contribution in [-0.4, -0.2) is 0 Å². The summed E-state index contributed by atoms with van der Waals surface area (Å²) in [6.45, 7) is 0. The van der Waals surface area contributed by atoms with Crippen LogP contribution in [0.4, 0.5) is 0 Å². The molecule has 1 rings (SSSR count). The summed E-state index contributed by atoms with van der Waals surface area (Å²) in [5.74, 6) is 3.01. The minimum atomic E-state index is 0. The second-order valence-electron chi connectivity index (χ2n) is 1.67. The van der Waals surface area contributed by atoms with Gasteiger partial charge >= 0.3 is 64.6 Å². The minimum absolute atomic E-state index is 0. The van der Waals surface area contributed by atoms with Gasteiger partial charge in [-0.1, -0.05) is 0 Å². The summed E-state index contributed by atoms with van der Waals surface area (Å²) in [4.78, 5) is 0. The molecule has 0 aliphatic heterocycles. The monoisotopic (exact) mass is 244 g/mol. The Bertz CT molecular complexity index is 232. The topological polar surface area (TPSA) is 0 Å². The molecule has 2 heteroatoms. The molecule has 46 valence electrons. The zero-order chi connectivity index (χ0) is 6.53. The van der Waals surface area contributed by atoms with Crippen LogP contribution in [0.5, 0.6) is 0 Å². The molecule has 0 heterocycles. The normalized spacial score (nSPS) is 7.00. The maximum atomic E-state index is 3.01. The van der Waals surface area contributed by atoms with E-state index in [4.69, 9.17) is 0 Å². The fourth-order valence-corrected chi connectivity index (χ4v) is 1.05. The zero-order valence-electron chi connectivity index (χ0n) is 5.47. The van der Waals surface area contributed by atoms with Crippen LogP contribution in [0.15, 0.2) is 30.3 Å². The van der Waals surface area contributed by atoms with E-state index in [1.54, 1.807) is 0 Å². The van der Waals surface area contributed by atoms with E-state index in [0.29, 0.717) is 0 Å². The van der Waals surface area contributed by atoms with Crippen molar-refractivity contribution in [3.05, 3.63) is 35.9 Å². The van der Waals surface area contributed by atoms with E-state index < -0.39 is 0 Å². The van der Waals surface area contributed by atoms with Crippen molar-refractivity contribution in [2.45, 2.75) is 0 Å². The van der Waals surface area contributed by atoms with Gasteiger partial charge in [-0.2, -0.15) is 0 Å². The molecule has 0 saturated heterocycles. The molecule has 0 radical (unpaired) electrons. The molecular weight excluding hydrogens is 241 g/mol. The Hall–Kier alpha value is -0.117. The molecule has 0 spiro atoms. The predicted molar refractivity (Wildman–Crippen MR) is 33.3 cm³/mol. The van der Waals surface area contributed by atoms with Crippen molar-refractivity contribution in [2.75, 3.05) is 0 Å². The van der Waals surface area contributed by atoms with Crippen LogP contribution in [0.2, 0.25) is 0 Å². The van der Waals surface area contributed by atoms with Crippen LogP contribution in [0.25, 0.3) is 0 Å². The van der Waals surface area contributed by atoms with E-state index in [1.807, 2.05) is 30.3 Å². The van der Waals surface area contributed by atoms with Gasteiger partial charge in [0.2, 0.25) is 0 Å². The SMILES string of the molecule is [Br-].[Zn+][C]#Cc1ccccc1. The van der Waals surface area contributed by atoms with Gasteiger partial charge in [-0.15, -0.1) is 0 Å². The summed E-state index contributed by atoms with van der Waals surface area (Å²) in [6.07, 6.45) is 0. The molecule has 1 aromatic rings. The number of hydrogen-bond donors (Lipinski definition) is 0. The Balaban J connectivity index is 0.000000810. The first kappa shape index (κ1) is 9.88. The third kappa shape index (κ3) is 3.15. The van der Waals surface area contributed by atoms with Crippen molar-refractivity contribution in [3.8, 4) is 10.4 Å². The maximum absolute atomic E-state index is 3.01. The summed E-state index contributed by atoms with van der Waals surface area (Å²) in [5, 5.41) is 0. The third-order valence-electron chi connectivity index (χ3n) is 1.01. The van der Waals surface area contributed by atoms with Gasteiger partial charge < -0.3 is 17.0 Å². The second-order valence-corrected chi connectivity index (χ2v) is 2.41. The van der Waals surface area contributed by atoms with Crippen LogP contribution >= 0.6 is 0 Å². The van der Waals surface area contributed by atoms with Crippen molar-refractivity contribution in [2.24, 2.45) is 0 Å². The molecule has 0 fully saturated rings. The van der Waals surface area contributed by atoms with Crippen LogP contribution < -0.4 is 17.0 Å². The van der Waals surface area contributed by atoms with Crippen LogP contribution in [0.3, 0.4) is 0 Å². The summed E-state index contributed by atoms with van der Waals surface area (Å²) in [5.41, 5.74) is 1.11. The number of hydrogen-bond acceptors (Lipinski definition) is 0. The second kappa shape index (κ2) is 5.65. The summed E-state index contributed by atoms with van der Waals surface area (Å²) >= 11 is 1.05. The number of halogens is 1. The van der Waals surface area contributed by atoms with Crippen LogP contribution in [0, 0.1) is 10.4 Å². The first-order valence-electron chi connectivity index (χ1n) is 2.76. The Kier molecular flexibility index (Phi) is 5.59. The molecule has 0 nitrogen and oxygen atoms in total. The molecule has 0 amide bonds. The molecular formula is C8H5BrZn. The summed E-state index contributed by atoms with van der Waals surface area (Å²) < 4.78 is 2.96. The molecule has 0 N–H and O–H groups in total. The molecule has 10 heavy (non-hydrogen) atoms. The Morgan fingerprint density at radius 3 is 2.20 bits per heavy atom. The van der Waals surface area contributed by atoms with Gasteiger partial charge in [0.05, 0.1) is 0 Å². The fourth-order valence-electron chi connectivity index (χ4n) is 0.624. The number of rotatable bonds is 0. The van der Waals surface area contributed by atoms with Gasteiger partial charge in [0, 0.05) is 0 Å². The van der Waals surface area contributed by atoms with Crippen molar-refractivity contribution >= 4 is 0 Å². The molecule has 0 aliphatic carbocycles. The predicted octanol–water partition coefficient (Wildman–Crippen LogP) is -1.45. The third-order valence-corrected chi connectivity index (χ3v) is 1.38. The van der Waals surface area contributed by atoms with Crippen LogP contribution in [0.1, 0.15) is 5.56 Å². The van der Waals surface area contributed by atoms with Gasteiger partial charge in [-0.3, -0.25) is 0 Å². The Morgan fingerprint density at radius 2 is 1.70 bits per heavy atom. The summed E-state index contributed by atoms with van der Waals surface area (Å²) in [6, 6.07) is 10.0. The van der Waals surface area contributed by atoms with Gasteiger partial charge in [-0.25, -0.2) is 0 Å². The Labute approximate surface area is 81.5 Å². The first-order chi connectivity index (χ1) is 4.43. The average molecular weight is 246 g/mol. The van der Waals surface area contributed by atoms with E-state index in [1.165, 1.54) is 0 Å². The van der Waals surface area contributed by atoms with E-state index in [9.17, 15) is 0 Å². The first-order valence-corrected chi connectivity index (χ1v) is 4.25. The standard InChI is InChI=1S/C8H5.BrH.Zn/c1-2-8-6-4-3-5-7-8;;/h3-7H;1H;/q;;+1/p-1. The Morgan fingerprint density at radius 1 is 1.10 bits per heavy atom. The van der Waals surface area contributed by atoms with E-state index in [0.717, 1.165) is 23.9 Å². The molecule has 0 saturated carbocycles. The average Bonchev–Trinajstić information content (AvgIpc) is 1.91. The van der Waals surface area contributed by atoms with Gasteiger partial charge in [-0.05, 0) is 0 Å². The zero-order valence-corrected chi connectivity index (χ0v) is 10.0. The quantitative estimate of drug-likeness (QED) is 0.388. The molecule has 0 bridgehead atoms. The molecule has 0 aromatic heterocycles. The molecule has 0 atom stereocenters. The molecule has 1 aromatic carbocycles. The van der Waals surface area contributed by atoms with Gasteiger partial charge in [0.25, 0.3) is 0 Å². The van der Waals surface area contributed by atoms with Gasteiger partial charge in [0.15, 0.2) is 0 Å². The van der Waals surface area contributed by atoms with E-state index in [2.05, 4.69) is 10.4 Å². The number of benzene rings is 1. The van der Waals surface area contributed by atoms with Crippen molar-refractivity contribution in [1.82, 2.24) is 0 Å².